The van der Waals surface area contributed by atoms with Gasteiger partial charge in [-0.25, -0.2) is 0 Å². The van der Waals surface area contributed by atoms with E-state index in [4.69, 9.17) is 0 Å². The second-order valence-electron chi connectivity index (χ2n) is 7.12. The molecule has 0 bridgehead atoms. The number of rotatable bonds is 5. The Balaban J connectivity index is 1.36. The maximum Gasteiger partial charge on any atom is 0.270 e. The molecule has 0 spiro atoms. The van der Waals surface area contributed by atoms with Crippen molar-refractivity contribution in [2.45, 2.75) is 6.54 Å². The molecule has 1 fully saturated rings. The second kappa shape index (κ2) is 8.19. The predicted octanol–water partition coefficient (Wildman–Crippen LogP) is 2.48. The summed E-state index contributed by atoms with van der Waals surface area (Å²) in [5.41, 5.74) is 2.23. The zero-order valence-corrected chi connectivity index (χ0v) is 15.6. The number of fused-ring (bicyclic) bond motifs is 1. The molecule has 6 nitrogen and oxygen atoms in total. The van der Waals surface area contributed by atoms with Gasteiger partial charge >= 0.3 is 0 Å². The van der Waals surface area contributed by atoms with Gasteiger partial charge in [-0.15, -0.1) is 0 Å². The van der Waals surface area contributed by atoms with Gasteiger partial charge in [0.25, 0.3) is 5.69 Å². The van der Waals surface area contributed by atoms with E-state index in [0.717, 1.165) is 38.3 Å². The normalized spacial score (nSPS) is 15.4. The van der Waals surface area contributed by atoms with Crippen molar-refractivity contribution in [3.8, 4) is 0 Å². The van der Waals surface area contributed by atoms with E-state index in [1.54, 1.807) is 23.2 Å². The molecule has 3 aromatic rings. The summed E-state index contributed by atoms with van der Waals surface area (Å²) in [4.78, 5) is 12.0. The van der Waals surface area contributed by atoms with Crippen LogP contribution in [0.25, 0.3) is 10.8 Å². The largest absolute Gasteiger partial charge is 0.328 e. The Hall–Kier alpha value is -3.25. The molecule has 0 radical (unpaired) electrons. The van der Waals surface area contributed by atoms with E-state index in [2.05, 4.69) is 47.6 Å². The van der Waals surface area contributed by atoms with E-state index in [-0.39, 0.29) is 10.6 Å². The molecule has 1 N–H and O–H groups in total. The van der Waals surface area contributed by atoms with Crippen LogP contribution in [0.2, 0.25) is 0 Å². The molecule has 1 saturated heterocycles. The van der Waals surface area contributed by atoms with E-state index in [9.17, 15) is 10.1 Å². The highest BCUT2D eigenvalue weighted by atomic mass is 16.6. The molecule has 28 heavy (non-hydrogen) atoms. The van der Waals surface area contributed by atoms with Crippen molar-refractivity contribution in [3.05, 3.63) is 88.0 Å². The van der Waals surface area contributed by atoms with Crippen LogP contribution in [-0.4, -0.2) is 42.3 Å². The average molecular weight is 375 g/mol. The van der Waals surface area contributed by atoms with Crippen molar-refractivity contribution >= 4 is 22.7 Å². The van der Waals surface area contributed by atoms with Crippen molar-refractivity contribution in [2.75, 3.05) is 26.2 Å². The first-order valence-electron chi connectivity index (χ1n) is 9.53. The Morgan fingerprint density at radius 1 is 1.04 bits per heavy atom. The Morgan fingerprint density at radius 3 is 2.61 bits per heavy atom. The van der Waals surface area contributed by atoms with Crippen LogP contribution in [-0.2, 0) is 6.54 Å². The van der Waals surface area contributed by atoms with Gasteiger partial charge < -0.3 is 4.90 Å². The summed E-state index contributed by atoms with van der Waals surface area (Å²) >= 11 is 0. The van der Waals surface area contributed by atoms with E-state index < -0.39 is 0 Å². The van der Waals surface area contributed by atoms with E-state index >= 15 is 0 Å². The molecule has 0 unspecified atom stereocenters. The third kappa shape index (κ3) is 4.18. The van der Waals surface area contributed by atoms with E-state index in [1.807, 2.05) is 11.1 Å². The van der Waals surface area contributed by atoms with E-state index in [0.29, 0.717) is 0 Å². The number of hydrazone groups is 1. The fraction of sp³-hybridized carbons (Fsp3) is 0.227. The molecule has 0 saturated carbocycles. The van der Waals surface area contributed by atoms with Crippen molar-refractivity contribution in [3.63, 3.8) is 0 Å². The molecule has 1 heterocycles. The minimum Gasteiger partial charge on any atom is -0.328 e. The maximum absolute atomic E-state index is 10.9. The zero-order valence-electron chi connectivity index (χ0n) is 15.6. The number of piperazine rings is 1. The lowest BCUT2D eigenvalue weighted by atomic mass is 10.0. The average Bonchev–Trinajstić information content (AvgIpc) is 2.74. The number of quaternary nitrogens is 1. The Kier molecular flexibility index (Phi) is 5.30. The highest BCUT2D eigenvalue weighted by Crippen LogP contribution is 2.17. The number of nitro benzene ring substituents is 1. The first kappa shape index (κ1) is 18.1. The molecule has 0 amide bonds. The standard InChI is InChI=1S/C22H22N4O2/c27-26(28)21-9-3-5-18(15-21)16-23-25-13-11-24(12-14-25)17-20-8-4-7-19-6-1-2-10-22(19)20/h1-10,15-16H,11-14,17H2/p+1/b23-16-. The maximum atomic E-state index is 10.9. The van der Waals surface area contributed by atoms with Gasteiger partial charge in [-0.1, -0.05) is 54.6 Å². The summed E-state index contributed by atoms with van der Waals surface area (Å²) < 4.78 is 0. The molecule has 3 aromatic carbocycles. The number of hydrogen-bond acceptors (Lipinski definition) is 4. The Morgan fingerprint density at radius 2 is 1.79 bits per heavy atom. The first-order chi connectivity index (χ1) is 13.7. The lowest BCUT2D eigenvalue weighted by Gasteiger charge is -2.30. The van der Waals surface area contributed by atoms with Crippen LogP contribution in [0.1, 0.15) is 11.1 Å². The van der Waals surface area contributed by atoms with Crippen LogP contribution in [0, 0.1) is 10.1 Å². The molecule has 1 aliphatic rings. The van der Waals surface area contributed by atoms with Gasteiger partial charge in [-0.05, 0) is 10.8 Å². The smallest absolute Gasteiger partial charge is 0.270 e. The molecular formula is C22H23N4O2+. The fourth-order valence-corrected chi connectivity index (χ4v) is 3.69. The van der Waals surface area contributed by atoms with Crippen molar-refractivity contribution in [2.24, 2.45) is 5.10 Å². The molecule has 0 aromatic heterocycles. The highest BCUT2D eigenvalue weighted by molar-refractivity contribution is 5.85. The minimum absolute atomic E-state index is 0.0910. The summed E-state index contributed by atoms with van der Waals surface area (Å²) in [6.07, 6.45) is 1.71. The number of non-ortho nitro benzene ring substituents is 1. The van der Waals surface area contributed by atoms with Crippen molar-refractivity contribution in [1.82, 2.24) is 5.01 Å². The molecule has 0 aliphatic carbocycles. The lowest BCUT2D eigenvalue weighted by molar-refractivity contribution is -0.918. The molecule has 0 atom stereocenters. The summed E-state index contributed by atoms with van der Waals surface area (Å²) in [5, 5.41) is 20.1. The van der Waals surface area contributed by atoms with E-state index in [1.165, 1.54) is 22.4 Å². The van der Waals surface area contributed by atoms with Gasteiger partial charge in [0.1, 0.15) is 6.54 Å². The minimum atomic E-state index is -0.382. The Bertz CT molecular complexity index is 1000. The van der Waals surface area contributed by atoms with Crippen LogP contribution in [0.4, 0.5) is 5.69 Å². The number of nitro groups is 1. The topological polar surface area (TPSA) is 63.2 Å². The molecule has 6 heteroatoms. The third-order valence-electron chi connectivity index (χ3n) is 5.22. The van der Waals surface area contributed by atoms with Crippen LogP contribution < -0.4 is 4.90 Å². The van der Waals surface area contributed by atoms with Gasteiger partial charge in [-0.3, -0.25) is 15.1 Å². The quantitative estimate of drug-likeness (QED) is 0.423. The lowest BCUT2D eigenvalue weighted by Crippen LogP contribution is -3.13. The molecule has 142 valence electrons. The van der Waals surface area contributed by atoms with Crippen molar-refractivity contribution in [1.29, 1.82) is 0 Å². The monoisotopic (exact) mass is 375 g/mol. The Labute approximate surface area is 163 Å². The summed E-state index contributed by atoms with van der Waals surface area (Å²) in [6, 6.07) is 21.6. The van der Waals surface area contributed by atoms with Crippen LogP contribution in [0.15, 0.2) is 71.8 Å². The van der Waals surface area contributed by atoms with Gasteiger partial charge in [-0.2, -0.15) is 5.10 Å². The predicted molar refractivity (Wildman–Crippen MR) is 111 cm³/mol. The summed E-state index contributed by atoms with van der Waals surface area (Å²) in [7, 11) is 0. The second-order valence-corrected chi connectivity index (χ2v) is 7.12. The van der Waals surface area contributed by atoms with Crippen LogP contribution in [0.5, 0.6) is 0 Å². The molecular weight excluding hydrogens is 352 g/mol. The van der Waals surface area contributed by atoms with Gasteiger partial charge in [0.2, 0.25) is 0 Å². The van der Waals surface area contributed by atoms with Crippen LogP contribution in [0.3, 0.4) is 0 Å². The summed E-state index contributed by atoms with van der Waals surface area (Å²) in [6.45, 7) is 4.83. The summed E-state index contributed by atoms with van der Waals surface area (Å²) in [5.74, 6) is 0. The zero-order chi connectivity index (χ0) is 19.3. The van der Waals surface area contributed by atoms with Gasteiger partial charge in [0, 0.05) is 23.3 Å². The number of hydrogen-bond donors (Lipinski definition) is 1. The molecule has 4 rings (SSSR count). The third-order valence-corrected chi connectivity index (χ3v) is 5.22. The van der Waals surface area contributed by atoms with Crippen LogP contribution >= 0.6 is 0 Å². The number of nitrogens with zero attached hydrogens (tertiary/aromatic N) is 3. The van der Waals surface area contributed by atoms with Crippen molar-refractivity contribution < 1.29 is 9.82 Å². The molecule has 1 aliphatic heterocycles. The van der Waals surface area contributed by atoms with Gasteiger partial charge in [0.05, 0.1) is 37.3 Å². The number of nitrogens with one attached hydrogen (secondary N) is 1. The SMILES string of the molecule is O=[N+]([O-])c1cccc(/C=N\N2CC[NH+](Cc3cccc4ccccc34)CC2)c1. The fourth-order valence-electron chi connectivity index (χ4n) is 3.69. The number of benzene rings is 3. The first-order valence-corrected chi connectivity index (χ1v) is 9.53. The highest BCUT2D eigenvalue weighted by Gasteiger charge is 2.19. The van der Waals surface area contributed by atoms with Gasteiger partial charge in [0.15, 0.2) is 0 Å².